The van der Waals surface area contributed by atoms with Gasteiger partial charge in [-0.3, -0.25) is 4.79 Å². The van der Waals surface area contributed by atoms with Crippen LogP contribution in [0, 0.1) is 11.3 Å². The summed E-state index contributed by atoms with van der Waals surface area (Å²) in [6.45, 7) is 8.22. The Morgan fingerprint density at radius 3 is 1.73 bits per heavy atom. The molecule has 1 unspecified atom stereocenters. The monoisotopic (exact) mass is 157 g/mol. The number of hydrogen-bond donors (Lipinski definition) is 0. The molecule has 0 fully saturated rings. The molecule has 0 aliphatic carbocycles. The van der Waals surface area contributed by atoms with E-state index in [0.29, 0.717) is 0 Å². The van der Waals surface area contributed by atoms with Crippen molar-refractivity contribution in [2.24, 2.45) is 11.3 Å². The van der Waals surface area contributed by atoms with Crippen molar-refractivity contribution in [1.82, 2.24) is 4.90 Å². The van der Waals surface area contributed by atoms with Gasteiger partial charge in [0.25, 0.3) is 0 Å². The SMILES string of the molecule is CC(C(=O)N(C)C)C(C)(C)C. The Morgan fingerprint density at radius 2 is 1.64 bits per heavy atom. The second-order valence-electron chi connectivity index (χ2n) is 4.32. The fourth-order valence-corrected chi connectivity index (χ4v) is 0.758. The third kappa shape index (κ3) is 2.91. The molecule has 1 amide bonds. The Balaban J connectivity index is 4.26. The maximum atomic E-state index is 11.4. The smallest absolute Gasteiger partial charge is 0.225 e. The Hall–Kier alpha value is -0.530. The van der Waals surface area contributed by atoms with Gasteiger partial charge in [0.15, 0.2) is 0 Å². The molecule has 66 valence electrons. The molecule has 0 aromatic heterocycles. The minimum atomic E-state index is 0.0708. The summed E-state index contributed by atoms with van der Waals surface area (Å²) in [6.07, 6.45) is 0. The van der Waals surface area contributed by atoms with Crippen molar-refractivity contribution in [2.75, 3.05) is 14.1 Å². The first-order valence-electron chi connectivity index (χ1n) is 3.98. The largest absolute Gasteiger partial charge is 0.349 e. The average molecular weight is 157 g/mol. The third-order valence-corrected chi connectivity index (χ3v) is 2.11. The number of carbonyl (C=O) groups is 1. The summed E-state index contributed by atoms with van der Waals surface area (Å²) in [5.41, 5.74) is 0.0708. The van der Waals surface area contributed by atoms with Gasteiger partial charge in [-0.15, -0.1) is 0 Å². The lowest BCUT2D eigenvalue weighted by Crippen LogP contribution is -2.35. The van der Waals surface area contributed by atoms with E-state index in [1.807, 2.05) is 6.92 Å². The second kappa shape index (κ2) is 3.24. The molecule has 0 spiro atoms. The Labute approximate surface area is 69.6 Å². The summed E-state index contributed by atoms with van der Waals surface area (Å²) in [5.74, 6) is 0.301. The van der Waals surface area contributed by atoms with Gasteiger partial charge in [-0.1, -0.05) is 27.7 Å². The highest BCUT2D eigenvalue weighted by atomic mass is 16.2. The fraction of sp³-hybridized carbons (Fsp3) is 0.889. The molecular formula is C9H19NO. The van der Waals surface area contributed by atoms with Crippen LogP contribution in [0.2, 0.25) is 0 Å². The molecule has 2 nitrogen and oxygen atoms in total. The Kier molecular flexibility index (Phi) is 3.09. The lowest BCUT2D eigenvalue weighted by molar-refractivity contribution is -0.135. The van der Waals surface area contributed by atoms with Crippen molar-refractivity contribution < 1.29 is 4.79 Å². The molecule has 0 radical (unpaired) electrons. The number of rotatable bonds is 1. The maximum absolute atomic E-state index is 11.4. The van der Waals surface area contributed by atoms with E-state index in [0.717, 1.165) is 0 Å². The van der Waals surface area contributed by atoms with E-state index in [2.05, 4.69) is 20.8 Å². The number of hydrogen-bond acceptors (Lipinski definition) is 1. The number of nitrogens with zero attached hydrogens (tertiary/aromatic N) is 1. The average Bonchev–Trinajstić information content (AvgIpc) is 1.82. The van der Waals surface area contributed by atoms with Gasteiger partial charge in [0.1, 0.15) is 0 Å². The quantitative estimate of drug-likeness (QED) is 0.568. The van der Waals surface area contributed by atoms with Gasteiger partial charge in [0.2, 0.25) is 5.91 Å². The lowest BCUT2D eigenvalue weighted by Gasteiger charge is -2.28. The van der Waals surface area contributed by atoms with Gasteiger partial charge in [-0.05, 0) is 5.41 Å². The summed E-state index contributed by atoms with van der Waals surface area (Å²) in [6, 6.07) is 0. The summed E-state index contributed by atoms with van der Waals surface area (Å²) in [5, 5.41) is 0. The van der Waals surface area contributed by atoms with Crippen molar-refractivity contribution in [2.45, 2.75) is 27.7 Å². The molecule has 11 heavy (non-hydrogen) atoms. The third-order valence-electron chi connectivity index (χ3n) is 2.11. The number of carbonyl (C=O) groups excluding carboxylic acids is 1. The van der Waals surface area contributed by atoms with Gasteiger partial charge in [0.05, 0.1) is 0 Å². The normalized spacial score (nSPS) is 14.4. The molecule has 0 saturated carbocycles. The molecule has 1 atom stereocenters. The van der Waals surface area contributed by atoms with Gasteiger partial charge >= 0.3 is 0 Å². The van der Waals surface area contributed by atoms with Crippen LogP contribution in [-0.2, 0) is 4.79 Å². The highest BCUT2D eigenvalue weighted by molar-refractivity contribution is 5.78. The zero-order valence-corrected chi connectivity index (χ0v) is 8.43. The van der Waals surface area contributed by atoms with Crippen LogP contribution >= 0.6 is 0 Å². The molecule has 0 bridgehead atoms. The molecule has 0 heterocycles. The molecule has 0 rings (SSSR count). The standard InChI is InChI=1S/C9H19NO/c1-7(9(2,3)4)8(11)10(5)6/h7H,1-6H3. The zero-order valence-electron chi connectivity index (χ0n) is 8.43. The first kappa shape index (κ1) is 10.5. The molecule has 0 saturated heterocycles. The minimum absolute atomic E-state index is 0.0708. The van der Waals surface area contributed by atoms with Crippen molar-refractivity contribution in [1.29, 1.82) is 0 Å². The van der Waals surface area contributed by atoms with Gasteiger partial charge in [0, 0.05) is 20.0 Å². The van der Waals surface area contributed by atoms with Crippen LogP contribution in [0.1, 0.15) is 27.7 Å². The van der Waals surface area contributed by atoms with Crippen molar-refractivity contribution in [3.8, 4) is 0 Å². The van der Waals surface area contributed by atoms with Gasteiger partial charge in [-0.2, -0.15) is 0 Å². The van der Waals surface area contributed by atoms with E-state index in [-0.39, 0.29) is 17.2 Å². The van der Waals surface area contributed by atoms with Crippen LogP contribution in [0.15, 0.2) is 0 Å². The summed E-state index contributed by atoms with van der Waals surface area (Å²) in [4.78, 5) is 13.1. The summed E-state index contributed by atoms with van der Waals surface area (Å²) < 4.78 is 0. The zero-order chi connectivity index (χ0) is 9.23. The van der Waals surface area contributed by atoms with Crippen LogP contribution in [-0.4, -0.2) is 24.9 Å². The summed E-state index contributed by atoms with van der Waals surface area (Å²) in [7, 11) is 3.59. The predicted octanol–water partition coefficient (Wildman–Crippen LogP) is 1.76. The van der Waals surface area contributed by atoms with Crippen LogP contribution in [0.3, 0.4) is 0 Å². The van der Waals surface area contributed by atoms with Crippen LogP contribution < -0.4 is 0 Å². The van der Waals surface area contributed by atoms with E-state index in [9.17, 15) is 4.79 Å². The van der Waals surface area contributed by atoms with E-state index < -0.39 is 0 Å². The topological polar surface area (TPSA) is 20.3 Å². The predicted molar refractivity (Wildman–Crippen MR) is 47.3 cm³/mol. The van der Waals surface area contributed by atoms with Crippen LogP contribution in [0.25, 0.3) is 0 Å². The molecule has 0 aliphatic heterocycles. The highest BCUT2D eigenvalue weighted by Gasteiger charge is 2.27. The molecule has 0 aromatic rings. The Morgan fingerprint density at radius 1 is 1.27 bits per heavy atom. The first-order chi connectivity index (χ1) is 4.76. The van der Waals surface area contributed by atoms with Crippen molar-refractivity contribution >= 4 is 5.91 Å². The first-order valence-corrected chi connectivity index (χ1v) is 3.98. The maximum Gasteiger partial charge on any atom is 0.225 e. The summed E-state index contributed by atoms with van der Waals surface area (Å²) >= 11 is 0. The molecule has 2 heteroatoms. The van der Waals surface area contributed by atoms with Crippen LogP contribution in [0.4, 0.5) is 0 Å². The van der Waals surface area contributed by atoms with Crippen molar-refractivity contribution in [3.63, 3.8) is 0 Å². The number of amides is 1. The van der Waals surface area contributed by atoms with Crippen molar-refractivity contribution in [3.05, 3.63) is 0 Å². The molecule has 0 aromatic carbocycles. The molecular weight excluding hydrogens is 138 g/mol. The van der Waals surface area contributed by atoms with E-state index >= 15 is 0 Å². The van der Waals surface area contributed by atoms with Gasteiger partial charge < -0.3 is 4.90 Å². The van der Waals surface area contributed by atoms with Crippen LogP contribution in [0.5, 0.6) is 0 Å². The van der Waals surface area contributed by atoms with E-state index in [4.69, 9.17) is 0 Å². The van der Waals surface area contributed by atoms with E-state index in [1.165, 1.54) is 0 Å². The minimum Gasteiger partial charge on any atom is -0.349 e. The molecule has 0 N–H and O–H groups in total. The van der Waals surface area contributed by atoms with E-state index in [1.54, 1.807) is 19.0 Å². The highest BCUT2D eigenvalue weighted by Crippen LogP contribution is 2.26. The molecule has 0 aliphatic rings. The second-order valence-corrected chi connectivity index (χ2v) is 4.32. The Bertz CT molecular complexity index is 144. The fourth-order valence-electron chi connectivity index (χ4n) is 0.758. The lowest BCUT2D eigenvalue weighted by atomic mass is 9.81. The van der Waals surface area contributed by atoms with Gasteiger partial charge in [-0.25, -0.2) is 0 Å².